The number of aliphatic hydroxyl groups is 1. The van der Waals surface area contributed by atoms with Gasteiger partial charge in [-0.15, -0.1) is 0 Å². The highest BCUT2D eigenvalue weighted by Crippen LogP contribution is 2.39. The SMILES string of the molecule is Nc1ccccc1NC(=O)CCCCCC(=O)NCc1cccc(-c2cccc([C@H]3O[C@@H](Cn4cnc5ccccc54)C[C@@H](c4ccc(CO)cc4)O3)c2)c1. The molecule has 10 heteroatoms. The van der Waals surface area contributed by atoms with Gasteiger partial charge in [-0.25, -0.2) is 4.98 Å². The maximum Gasteiger partial charge on any atom is 0.224 e. The number of para-hydroxylation sites is 4. The number of benzene rings is 5. The maximum absolute atomic E-state index is 12.7. The number of anilines is 2. The summed E-state index contributed by atoms with van der Waals surface area (Å²) in [7, 11) is 0. The van der Waals surface area contributed by atoms with Gasteiger partial charge < -0.3 is 35.5 Å². The van der Waals surface area contributed by atoms with Gasteiger partial charge in [0.2, 0.25) is 11.8 Å². The van der Waals surface area contributed by atoms with Crippen molar-refractivity contribution >= 4 is 34.2 Å². The van der Waals surface area contributed by atoms with Crippen molar-refractivity contribution in [3.8, 4) is 11.1 Å². The molecule has 5 aromatic carbocycles. The summed E-state index contributed by atoms with van der Waals surface area (Å²) >= 11 is 0. The molecule has 282 valence electrons. The molecule has 6 aromatic rings. The number of fused-ring (bicyclic) bond motifs is 1. The van der Waals surface area contributed by atoms with Gasteiger partial charge in [0.15, 0.2) is 6.29 Å². The van der Waals surface area contributed by atoms with Crippen LogP contribution < -0.4 is 16.4 Å². The number of carbonyl (C=O) groups excluding carboxylic acids is 2. The molecule has 0 radical (unpaired) electrons. The molecule has 3 atom stereocenters. The Morgan fingerprint density at radius 2 is 1.51 bits per heavy atom. The minimum absolute atomic E-state index is 0.0101. The van der Waals surface area contributed by atoms with Gasteiger partial charge >= 0.3 is 0 Å². The molecule has 5 N–H and O–H groups in total. The van der Waals surface area contributed by atoms with Crippen LogP contribution in [0.1, 0.15) is 73.2 Å². The minimum atomic E-state index is -0.601. The van der Waals surface area contributed by atoms with E-state index >= 15 is 0 Å². The Morgan fingerprint density at radius 1 is 0.764 bits per heavy atom. The molecule has 1 saturated heterocycles. The van der Waals surface area contributed by atoms with Crippen molar-refractivity contribution in [1.82, 2.24) is 14.9 Å². The summed E-state index contributed by atoms with van der Waals surface area (Å²) in [5, 5.41) is 15.5. The number of amides is 2. The Balaban J connectivity index is 0.958. The van der Waals surface area contributed by atoms with Crippen LogP contribution in [-0.4, -0.2) is 32.6 Å². The fraction of sp³-hybridized carbons (Fsp3) is 0.267. The number of aliphatic hydroxyl groups excluding tert-OH is 1. The van der Waals surface area contributed by atoms with E-state index in [9.17, 15) is 14.7 Å². The van der Waals surface area contributed by atoms with Crippen LogP contribution in [0, 0.1) is 0 Å². The lowest BCUT2D eigenvalue weighted by atomic mass is 9.98. The highest BCUT2D eigenvalue weighted by molar-refractivity contribution is 5.93. The summed E-state index contributed by atoms with van der Waals surface area (Å²) < 4.78 is 15.5. The lowest BCUT2D eigenvalue weighted by Gasteiger charge is -2.36. The molecule has 2 heterocycles. The van der Waals surface area contributed by atoms with E-state index in [0.717, 1.165) is 50.8 Å². The molecule has 55 heavy (non-hydrogen) atoms. The molecular weight excluding hydrogens is 691 g/mol. The zero-order chi connectivity index (χ0) is 38.0. The number of nitrogens with one attached hydrogen (secondary N) is 2. The second-order valence-corrected chi connectivity index (χ2v) is 14.0. The zero-order valence-corrected chi connectivity index (χ0v) is 30.8. The van der Waals surface area contributed by atoms with Crippen molar-refractivity contribution in [3.05, 3.63) is 150 Å². The van der Waals surface area contributed by atoms with Gasteiger partial charge in [0.1, 0.15) is 0 Å². The van der Waals surface area contributed by atoms with Crippen molar-refractivity contribution in [2.24, 2.45) is 0 Å². The summed E-state index contributed by atoms with van der Waals surface area (Å²) in [5.74, 6) is -0.0937. The average molecular weight is 738 g/mol. The number of hydrogen-bond donors (Lipinski definition) is 4. The van der Waals surface area contributed by atoms with Gasteiger partial charge in [-0.05, 0) is 77.1 Å². The molecule has 0 saturated carbocycles. The van der Waals surface area contributed by atoms with Crippen LogP contribution in [0.4, 0.5) is 11.4 Å². The summed E-state index contributed by atoms with van der Waals surface area (Å²) in [6.07, 6.45) is 4.55. The second kappa shape index (κ2) is 18.0. The number of nitrogens with zero attached hydrogens (tertiary/aromatic N) is 2. The van der Waals surface area contributed by atoms with E-state index in [4.69, 9.17) is 15.2 Å². The van der Waals surface area contributed by atoms with Crippen molar-refractivity contribution in [2.45, 2.75) is 76.7 Å². The predicted octanol–water partition coefficient (Wildman–Crippen LogP) is 8.23. The first-order chi connectivity index (χ1) is 26.9. The lowest BCUT2D eigenvalue weighted by molar-refractivity contribution is -0.252. The van der Waals surface area contributed by atoms with Crippen LogP contribution in [0.2, 0.25) is 0 Å². The Kier molecular flexibility index (Phi) is 12.3. The number of imidazole rings is 1. The summed E-state index contributed by atoms with van der Waals surface area (Å²) in [4.78, 5) is 29.5. The molecule has 1 aromatic heterocycles. The van der Waals surface area contributed by atoms with Crippen LogP contribution in [0.25, 0.3) is 22.2 Å². The van der Waals surface area contributed by atoms with Gasteiger partial charge in [-0.3, -0.25) is 9.59 Å². The number of nitrogen functional groups attached to an aromatic ring is 1. The fourth-order valence-corrected chi connectivity index (χ4v) is 6.99. The maximum atomic E-state index is 12.7. The van der Waals surface area contributed by atoms with Crippen molar-refractivity contribution in [1.29, 1.82) is 0 Å². The number of nitrogens with two attached hydrogens (primary N) is 1. The van der Waals surface area contributed by atoms with E-state index in [1.807, 2.05) is 85.2 Å². The summed E-state index contributed by atoms with van der Waals surface area (Å²) in [6, 6.07) is 39.6. The third-order valence-corrected chi connectivity index (χ3v) is 9.99. The molecule has 10 nitrogen and oxygen atoms in total. The van der Waals surface area contributed by atoms with E-state index in [2.05, 4.69) is 50.5 Å². The number of hydrogen-bond acceptors (Lipinski definition) is 7. The average Bonchev–Trinajstić information content (AvgIpc) is 3.63. The van der Waals surface area contributed by atoms with Gasteiger partial charge in [-0.1, -0.05) is 91.3 Å². The van der Waals surface area contributed by atoms with Crippen LogP contribution >= 0.6 is 0 Å². The molecule has 2 amide bonds. The largest absolute Gasteiger partial charge is 0.397 e. The zero-order valence-electron chi connectivity index (χ0n) is 30.8. The standard InChI is InChI=1S/C45H47N5O5/c46-38-14-4-5-15-39(38)49-44(53)19-3-1-2-18-43(52)47-27-32-10-8-11-34(24-32)35-12-9-13-36(25-35)45-54-37(28-50-30-48-40-16-6-7-17-41(40)50)26-42(55-45)33-22-20-31(29-51)21-23-33/h4-17,20-25,30,37,42,45,51H,1-3,18-19,26-29,46H2,(H,47,52)(H,49,53)/t37-,42+,45+/m1/s1. The van der Waals surface area contributed by atoms with E-state index in [1.165, 1.54) is 0 Å². The van der Waals surface area contributed by atoms with E-state index in [0.29, 0.717) is 56.6 Å². The predicted molar refractivity (Wildman–Crippen MR) is 214 cm³/mol. The summed E-state index contributed by atoms with van der Waals surface area (Å²) in [5.41, 5.74) is 14.9. The minimum Gasteiger partial charge on any atom is -0.397 e. The topological polar surface area (TPSA) is 141 Å². The number of aromatic nitrogens is 2. The van der Waals surface area contributed by atoms with Crippen molar-refractivity contribution in [3.63, 3.8) is 0 Å². The molecule has 7 rings (SSSR count). The van der Waals surface area contributed by atoms with Gasteiger partial charge in [0.25, 0.3) is 0 Å². The monoisotopic (exact) mass is 737 g/mol. The molecule has 0 unspecified atom stereocenters. The molecule has 1 fully saturated rings. The molecular formula is C45H47N5O5. The molecule has 1 aliphatic rings. The smallest absolute Gasteiger partial charge is 0.224 e. The van der Waals surface area contributed by atoms with Crippen LogP contribution in [0.15, 0.2) is 128 Å². The van der Waals surface area contributed by atoms with Crippen LogP contribution in [-0.2, 0) is 38.8 Å². The highest BCUT2D eigenvalue weighted by Gasteiger charge is 2.33. The first kappa shape index (κ1) is 37.5. The van der Waals surface area contributed by atoms with Crippen molar-refractivity contribution in [2.75, 3.05) is 11.1 Å². The Hall–Kier alpha value is -5.81. The number of carbonyl (C=O) groups is 2. The quantitative estimate of drug-likeness (QED) is 0.0615. The summed E-state index contributed by atoms with van der Waals surface area (Å²) in [6.45, 7) is 1.04. The van der Waals surface area contributed by atoms with E-state index in [-0.39, 0.29) is 30.6 Å². The fourth-order valence-electron chi connectivity index (χ4n) is 6.99. The Morgan fingerprint density at radius 3 is 2.33 bits per heavy atom. The van der Waals surface area contributed by atoms with Crippen LogP contribution in [0.5, 0.6) is 0 Å². The second-order valence-electron chi connectivity index (χ2n) is 14.0. The van der Waals surface area contributed by atoms with Gasteiger partial charge in [-0.2, -0.15) is 0 Å². The Labute approximate surface area is 321 Å². The van der Waals surface area contributed by atoms with E-state index in [1.54, 1.807) is 12.1 Å². The van der Waals surface area contributed by atoms with Gasteiger partial charge in [0.05, 0.1) is 54.1 Å². The Bertz CT molecular complexity index is 2220. The van der Waals surface area contributed by atoms with Crippen LogP contribution in [0.3, 0.4) is 0 Å². The van der Waals surface area contributed by atoms with Gasteiger partial charge in [0, 0.05) is 31.4 Å². The molecule has 1 aliphatic heterocycles. The first-order valence-electron chi connectivity index (χ1n) is 18.9. The van der Waals surface area contributed by atoms with E-state index < -0.39 is 6.29 Å². The molecule has 0 bridgehead atoms. The highest BCUT2D eigenvalue weighted by atomic mass is 16.7. The third kappa shape index (κ3) is 9.85. The number of rotatable bonds is 15. The normalized spacial score (nSPS) is 16.9. The number of unbranched alkanes of at least 4 members (excludes halogenated alkanes) is 2. The lowest BCUT2D eigenvalue weighted by Crippen LogP contribution is -2.32. The first-order valence-corrected chi connectivity index (χ1v) is 18.9. The number of ether oxygens (including phenoxy) is 2. The molecule has 0 spiro atoms. The third-order valence-electron chi connectivity index (χ3n) is 9.99. The molecule has 0 aliphatic carbocycles. The van der Waals surface area contributed by atoms with Crippen molar-refractivity contribution < 1.29 is 24.2 Å².